The van der Waals surface area contributed by atoms with E-state index in [0.29, 0.717) is 0 Å². The number of benzene rings is 1. The summed E-state index contributed by atoms with van der Waals surface area (Å²) in [6.45, 7) is 3.48. The van der Waals surface area contributed by atoms with Gasteiger partial charge < -0.3 is 15.8 Å². The molecule has 3 N–H and O–H groups in total. The highest BCUT2D eigenvalue weighted by Gasteiger charge is 2.25. The van der Waals surface area contributed by atoms with Gasteiger partial charge in [0.05, 0.1) is 12.5 Å². The van der Waals surface area contributed by atoms with Crippen molar-refractivity contribution in [1.29, 1.82) is 0 Å². The summed E-state index contributed by atoms with van der Waals surface area (Å²) in [7, 11) is 0. The van der Waals surface area contributed by atoms with Crippen molar-refractivity contribution < 1.29 is 23.5 Å². The van der Waals surface area contributed by atoms with Crippen LogP contribution in [0.25, 0.3) is 0 Å². The standard InChI is InChI=1S/C15H19FN2O4/c1-3-22-15(21)9(2)8-12(13(17)19)18-14(20)10-4-6-11(16)7-5-10/h4-7,9,12H,3,8H2,1-2H3,(H2,17,19)(H,18,20)/t9-,12-/m0/s1. The Morgan fingerprint density at radius 1 is 1.27 bits per heavy atom. The molecule has 0 heterocycles. The van der Waals surface area contributed by atoms with Crippen LogP contribution >= 0.6 is 0 Å². The number of hydrogen-bond acceptors (Lipinski definition) is 4. The normalized spacial score (nSPS) is 13.0. The number of esters is 1. The van der Waals surface area contributed by atoms with E-state index in [1.165, 1.54) is 12.1 Å². The van der Waals surface area contributed by atoms with E-state index in [1.807, 2.05) is 0 Å². The van der Waals surface area contributed by atoms with Crippen LogP contribution < -0.4 is 11.1 Å². The highest BCUT2D eigenvalue weighted by atomic mass is 19.1. The molecule has 1 aromatic carbocycles. The second kappa shape index (κ2) is 8.11. The SMILES string of the molecule is CCOC(=O)[C@@H](C)C[C@H](NC(=O)c1ccc(F)cc1)C(N)=O. The minimum absolute atomic E-state index is 0.0289. The maximum Gasteiger partial charge on any atom is 0.308 e. The van der Waals surface area contributed by atoms with E-state index in [9.17, 15) is 18.8 Å². The van der Waals surface area contributed by atoms with Crippen molar-refractivity contribution in [2.75, 3.05) is 6.61 Å². The van der Waals surface area contributed by atoms with Crippen LogP contribution in [0.15, 0.2) is 24.3 Å². The summed E-state index contributed by atoms with van der Waals surface area (Å²) < 4.78 is 17.7. The number of primary amides is 1. The van der Waals surface area contributed by atoms with E-state index in [2.05, 4.69) is 5.32 Å². The number of carbonyl (C=O) groups is 3. The van der Waals surface area contributed by atoms with Crippen molar-refractivity contribution in [3.63, 3.8) is 0 Å². The number of nitrogens with one attached hydrogen (secondary N) is 1. The van der Waals surface area contributed by atoms with Crippen molar-refractivity contribution in [3.05, 3.63) is 35.6 Å². The molecule has 0 aliphatic heterocycles. The molecule has 2 amide bonds. The third-order valence-corrected chi connectivity index (χ3v) is 3.03. The van der Waals surface area contributed by atoms with Gasteiger partial charge >= 0.3 is 5.97 Å². The Hall–Kier alpha value is -2.44. The summed E-state index contributed by atoms with van der Waals surface area (Å²) in [5, 5.41) is 2.44. The molecule has 1 aromatic rings. The van der Waals surface area contributed by atoms with Crippen molar-refractivity contribution in [1.82, 2.24) is 5.32 Å². The zero-order chi connectivity index (χ0) is 16.7. The molecular formula is C15H19FN2O4. The van der Waals surface area contributed by atoms with E-state index in [0.717, 1.165) is 12.1 Å². The van der Waals surface area contributed by atoms with Gasteiger partial charge in [-0.3, -0.25) is 14.4 Å². The molecule has 0 bridgehead atoms. The van der Waals surface area contributed by atoms with E-state index in [-0.39, 0.29) is 18.6 Å². The Kier molecular flexibility index (Phi) is 6.49. The van der Waals surface area contributed by atoms with Crippen molar-refractivity contribution in [2.45, 2.75) is 26.3 Å². The number of rotatable bonds is 7. The molecule has 0 saturated carbocycles. The van der Waals surface area contributed by atoms with Crippen LogP contribution in [-0.2, 0) is 14.3 Å². The molecule has 0 aliphatic rings. The van der Waals surface area contributed by atoms with E-state index < -0.39 is 35.6 Å². The van der Waals surface area contributed by atoms with Crippen LogP contribution in [0.4, 0.5) is 4.39 Å². The van der Waals surface area contributed by atoms with E-state index in [1.54, 1.807) is 13.8 Å². The number of nitrogens with two attached hydrogens (primary N) is 1. The topological polar surface area (TPSA) is 98.5 Å². The fraction of sp³-hybridized carbons (Fsp3) is 0.400. The van der Waals surface area contributed by atoms with Crippen LogP contribution in [0.1, 0.15) is 30.6 Å². The summed E-state index contributed by atoms with van der Waals surface area (Å²) in [4.78, 5) is 35.0. The summed E-state index contributed by atoms with van der Waals surface area (Å²) in [5.74, 6) is -2.86. The highest BCUT2D eigenvalue weighted by Crippen LogP contribution is 2.10. The molecule has 6 nitrogen and oxygen atoms in total. The maximum absolute atomic E-state index is 12.8. The lowest BCUT2D eigenvalue weighted by Crippen LogP contribution is -2.46. The summed E-state index contributed by atoms with van der Waals surface area (Å²) in [6.07, 6.45) is 0.0289. The smallest absolute Gasteiger partial charge is 0.308 e. The Labute approximate surface area is 127 Å². The fourth-order valence-electron chi connectivity index (χ4n) is 1.82. The summed E-state index contributed by atoms with van der Waals surface area (Å²) in [5.41, 5.74) is 5.43. The van der Waals surface area contributed by atoms with Gasteiger partial charge in [0.15, 0.2) is 0 Å². The first kappa shape index (κ1) is 17.6. The number of amides is 2. The molecule has 0 spiro atoms. The van der Waals surface area contributed by atoms with Crippen molar-refractivity contribution in [3.8, 4) is 0 Å². The van der Waals surface area contributed by atoms with Gasteiger partial charge in [0.1, 0.15) is 11.9 Å². The van der Waals surface area contributed by atoms with Crippen LogP contribution in [0.5, 0.6) is 0 Å². The molecule has 0 unspecified atom stereocenters. The fourth-order valence-corrected chi connectivity index (χ4v) is 1.82. The molecule has 120 valence electrons. The van der Waals surface area contributed by atoms with E-state index >= 15 is 0 Å². The molecule has 1 rings (SSSR count). The third kappa shape index (κ3) is 5.16. The second-order valence-corrected chi connectivity index (χ2v) is 4.82. The van der Waals surface area contributed by atoms with E-state index in [4.69, 9.17) is 10.5 Å². The first-order chi connectivity index (χ1) is 10.3. The average molecular weight is 310 g/mol. The predicted molar refractivity (Wildman–Crippen MR) is 77.3 cm³/mol. The highest BCUT2D eigenvalue weighted by molar-refractivity contribution is 5.97. The lowest BCUT2D eigenvalue weighted by molar-refractivity contribution is -0.147. The number of ether oxygens (including phenoxy) is 1. The minimum Gasteiger partial charge on any atom is -0.466 e. The molecule has 2 atom stereocenters. The van der Waals surface area contributed by atoms with Gasteiger partial charge in [0.25, 0.3) is 5.91 Å². The maximum atomic E-state index is 12.8. The van der Waals surface area contributed by atoms with Crippen molar-refractivity contribution >= 4 is 17.8 Å². The molecule has 0 radical (unpaired) electrons. The summed E-state index contributed by atoms with van der Waals surface area (Å²) >= 11 is 0. The molecule has 7 heteroatoms. The molecular weight excluding hydrogens is 291 g/mol. The lowest BCUT2D eigenvalue weighted by atomic mass is 10.0. The average Bonchev–Trinajstić information content (AvgIpc) is 2.47. The van der Waals surface area contributed by atoms with Gasteiger partial charge in [0, 0.05) is 5.56 Å². The van der Waals surface area contributed by atoms with Crippen molar-refractivity contribution in [2.24, 2.45) is 11.7 Å². The number of halogens is 1. The third-order valence-electron chi connectivity index (χ3n) is 3.03. The van der Waals surface area contributed by atoms with Crippen LogP contribution in [0.2, 0.25) is 0 Å². The molecule has 0 fully saturated rings. The monoisotopic (exact) mass is 310 g/mol. The first-order valence-corrected chi connectivity index (χ1v) is 6.87. The van der Waals surface area contributed by atoms with Crippen LogP contribution in [0.3, 0.4) is 0 Å². The second-order valence-electron chi connectivity index (χ2n) is 4.82. The molecule has 0 saturated heterocycles. The molecule has 22 heavy (non-hydrogen) atoms. The minimum atomic E-state index is -1.02. The number of carbonyl (C=O) groups excluding carboxylic acids is 3. The van der Waals surface area contributed by atoms with Gasteiger partial charge in [-0.1, -0.05) is 6.92 Å². The molecule has 0 aromatic heterocycles. The Balaban J connectivity index is 2.71. The van der Waals surface area contributed by atoms with Crippen LogP contribution in [-0.4, -0.2) is 30.4 Å². The van der Waals surface area contributed by atoms with Gasteiger partial charge in [-0.25, -0.2) is 4.39 Å². The number of hydrogen-bond donors (Lipinski definition) is 2. The Morgan fingerprint density at radius 3 is 2.36 bits per heavy atom. The van der Waals surface area contributed by atoms with Gasteiger partial charge in [-0.2, -0.15) is 0 Å². The first-order valence-electron chi connectivity index (χ1n) is 6.87. The van der Waals surface area contributed by atoms with Crippen LogP contribution in [0, 0.1) is 11.7 Å². The lowest BCUT2D eigenvalue weighted by Gasteiger charge is -2.18. The largest absolute Gasteiger partial charge is 0.466 e. The zero-order valence-electron chi connectivity index (χ0n) is 12.5. The Morgan fingerprint density at radius 2 is 1.86 bits per heavy atom. The summed E-state index contributed by atoms with van der Waals surface area (Å²) in [6, 6.07) is 3.83. The predicted octanol–water partition coefficient (Wildman–Crippen LogP) is 0.999. The van der Waals surface area contributed by atoms with Gasteiger partial charge in [-0.05, 0) is 37.6 Å². The van der Waals surface area contributed by atoms with Gasteiger partial charge in [-0.15, -0.1) is 0 Å². The zero-order valence-corrected chi connectivity index (χ0v) is 12.5. The Bertz CT molecular complexity index is 545. The quantitative estimate of drug-likeness (QED) is 0.734. The van der Waals surface area contributed by atoms with Gasteiger partial charge in [0.2, 0.25) is 5.91 Å². The molecule has 0 aliphatic carbocycles.